The minimum atomic E-state index is 0.649. The Bertz CT molecular complexity index is 1840. The fourth-order valence-corrected chi connectivity index (χ4v) is 9.54. The molecule has 54 heavy (non-hydrogen) atoms. The molecule has 0 saturated carbocycles. The summed E-state index contributed by atoms with van der Waals surface area (Å²) in [7, 11) is 0. The van der Waals surface area contributed by atoms with Gasteiger partial charge in [-0.2, -0.15) is 0 Å². The quantitative estimate of drug-likeness (QED) is 0.0721. The maximum Gasteiger partial charge on any atom is 0.119 e. The van der Waals surface area contributed by atoms with Crippen LogP contribution in [0, 0.1) is 6.92 Å². The van der Waals surface area contributed by atoms with Gasteiger partial charge < -0.3 is 14.4 Å². The Hall–Kier alpha value is -3.84. The standard InChI is InChI=1S/C35H31NO2S3.C13H28/c1-4-37-29-15-11-27(12-16-29)36(28-13-17-30(18-14-28)38-5-2)26-9-7-25(8-10-26)31-20-21-34(40-31)35-23-22-33(41-35)32-19-6-24(3)39-32;1-3-5-7-9-11-13-12-10-8-6-4-2/h6-23H,4-5H2,1-3H3;3-13H2,1-2H3. The first kappa shape index (κ1) is 41.3. The molecule has 0 spiro atoms. The molecule has 286 valence electrons. The Kier molecular flexibility index (Phi) is 17.2. The number of nitrogens with zero attached hydrogens (tertiary/aromatic N) is 1. The lowest BCUT2D eigenvalue weighted by Crippen LogP contribution is -2.10. The molecule has 0 saturated heterocycles. The summed E-state index contributed by atoms with van der Waals surface area (Å²) in [5.41, 5.74) is 4.44. The van der Waals surface area contributed by atoms with E-state index < -0.39 is 0 Å². The van der Waals surface area contributed by atoms with Crippen LogP contribution >= 0.6 is 34.0 Å². The fourth-order valence-electron chi connectivity index (χ4n) is 6.47. The summed E-state index contributed by atoms with van der Waals surface area (Å²) < 4.78 is 11.4. The SMILES string of the molecule is CCCCCCCCCCCCC.CCOc1ccc(N(c2ccc(OCC)cc2)c2ccc(-c3ccc(-c4ccc(-c5ccc(C)s5)s4)s3)cc2)cc1. The summed E-state index contributed by atoms with van der Waals surface area (Å²) in [5, 5.41) is 0. The number of benzene rings is 3. The lowest BCUT2D eigenvalue weighted by molar-refractivity contribution is 0.340. The third kappa shape index (κ3) is 12.3. The molecule has 0 bridgehead atoms. The lowest BCUT2D eigenvalue weighted by atomic mass is 10.1. The summed E-state index contributed by atoms with van der Waals surface area (Å²) in [5.74, 6) is 1.74. The highest BCUT2D eigenvalue weighted by atomic mass is 32.1. The van der Waals surface area contributed by atoms with E-state index in [1.165, 1.54) is 105 Å². The van der Waals surface area contributed by atoms with Gasteiger partial charge in [-0.15, -0.1) is 34.0 Å². The molecule has 3 nitrogen and oxygen atoms in total. The van der Waals surface area contributed by atoms with E-state index in [0.29, 0.717) is 13.2 Å². The van der Waals surface area contributed by atoms with Gasteiger partial charge in [-0.3, -0.25) is 0 Å². The van der Waals surface area contributed by atoms with Crippen molar-refractivity contribution in [2.24, 2.45) is 0 Å². The Balaban J connectivity index is 0.000000370. The first-order valence-corrected chi connectivity index (χ1v) is 22.6. The van der Waals surface area contributed by atoms with Crippen molar-refractivity contribution >= 4 is 51.1 Å². The van der Waals surface area contributed by atoms with Crippen molar-refractivity contribution in [3.05, 3.63) is 114 Å². The van der Waals surface area contributed by atoms with E-state index in [9.17, 15) is 0 Å². The van der Waals surface area contributed by atoms with Crippen LogP contribution in [0.4, 0.5) is 17.1 Å². The molecule has 3 heterocycles. The van der Waals surface area contributed by atoms with Crippen LogP contribution in [0.25, 0.3) is 29.9 Å². The third-order valence-corrected chi connectivity index (χ3v) is 13.0. The highest BCUT2D eigenvalue weighted by Crippen LogP contribution is 2.43. The Morgan fingerprint density at radius 3 is 1.13 bits per heavy atom. The van der Waals surface area contributed by atoms with Gasteiger partial charge in [0.05, 0.1) is 13.2 Å². The molecule has 6 rings (SSSR count). The van der Waals surface area contributed by atoms with Crippen LogP contribution in [0.15, 0.2) is 109 Å². The van der Waals surface area contributed by atoms with Crippen LogP contribution < -0.4 is 14.4 Å². The Morgan fingerprint density at radius 2 is 0.741 bits per heavy atom. The molecule has 6 aromatic rings. The zero-order chi connectivity index (χ0) is 38.0. The first-order valence-electron chi connectivity index (χ1n) is 20.2. The van der Waals surface area contributed by atoms with E-state index in [-0.39, 0.29) is 0 Å². The van der Waals surface area contributed by atoms with Crippen molar-refractivity contribution < 1.29 is 9.47 Å². The maximum absolute atomic E-state index is 5.69. The molecule has 6 heteroatoms. The zero-order valence-electron chi connectivity index (χ0n) is 33.1. The van der Waals surface area contributed by atoms with Crippen LogP contribution in [0.2, 0.25) is 0 Å². The summed E-state index contributed by atoms with van der Waals surface area (Å²) in [6, 6.07) is 38.7. The second kappa shape index (κ2) is 22.5. The second-order valence-corrected chi connectivity index (χ2v) is 17.1. The van der Waals surface area contributed by atoms with Crippen molar-refractivity contribution in [1.82, 2.24) is 0 Å². The number of rotatable bonds is 20. The van der Waals surface area contributed by atoms with Crippen LogP contribution in [0.3, 0.4) is 0 Å². The van der Waals surface area contributed by atoms with Gasteiger partial charge in [0.15, 0.2) is 0 Å². The average Bonchev–Trinajstić information content (AvgIpc) is 3.98. The molecule has 0 N–H and O–H groups in total. The van der Waals surface area contributed by atoms with E-state index in [4.69, 9.17) is 9.47 Å². The normalized spacial score (nSPS) is 10.9. The van der Waals surface area contributed by atoms with Gasteiger partial charge in [-0.1, -0.05) is 96.6 Å². The number of hydrogen-bond acceptors (Lipinski definition) is 6. The van der Waals surface area contributed by atoms with E-state index in [1.807, 2.05) is 72.1 Å². The van der Waals surface area contributed by atoms with Crippen LogP contribution in [-0.2, 0) is 0 Å². The van der Waals surface area contributed by atoms with Gasteiger partial charge >= 0.3 is 0 Å². The molecule has 0 aliphatic heterocycles. The predicted octanol–water partition coefficient (Wildman–Crippen LogP) is 16.8. The van der Waals surface area contributed by atoms with Crippen molar-refractivity contribution in [3.63, 3.8) is 0 Å². The van der Waals surface area contributed by atoms with E-state index in [2.05, 4.69) is 111 Å². The van der Waals surface area contributed by atoms with E-state index in [0.717, 1.165) is 28.6 Å². The van der Waals surface area contributed by atoms with Gasteiger partial charge in [0.1, 0.15) is 11.5 Å². The number of ether oxygens (including phenoxy) is 2. The molecule has 0 radical (unpaired) electrons. The summed E-state index contributed by atoms with van der Waals surface area (Å²) in [6.45, 7) is 12.0. The molecule has 0 atom stereocenters. The third-order valence-electron chi connectivity index (χ3n) is 9.37. The molecular formula is C48H59NO2S3. The van der Waals surface area contributed by atoms with Crippen molar-refractivity contribution in [2.75, 3.05) is 18.1 Å². The van der Waals surface area contributed by atoms with E-state index in [1.54, 1.807) is 0 Å². The van der Waals surface area contributed by atoms with Crippen molar-refractivity contribution in [2.45, 2.75) is 105 Å². The Labute approximate surface area is 337 Å². The number of unbranched alkanes of at least 4 members (excludes halogenated alkanes) is 10. The number of anilines is 3. The monoisotopic (exact) mass is 777 g/mol. The van der Waals surface area contributed by atoms with Gasteiger partial charge in [0, 0.05) is 46.3 Å². The molecule has 0 amide bonds. The molecule has 0 unspecified atom stereocenters. The molecule has 3 aromatic carbocycles. The minimum Gasteiger partial charge on any atom is -0.494 e. The molecule has 0 aliphatic carbocycles. The summed E-state index contributed by atoms with van der Waals surface area (Å²) in [4.78, 5) is 10.2. The summed E-state index contributed by atoms with van der Waals surface area (Å²) >= 11 is 5.57. The molecule has 3 aromatic heterocycles. The number of hydrogen-bond donors (Lipinski definition) is 0. The zero-order valence-corrected chi connectivity index (χ0v) is 35.5. The predicted molar refractivity (Wildman–Crippen MR) is 240 cm³/mol. The van der Waals surface area contributed by atoms with Crippen LogP contribution in [0.1, 0.15) is 103 Å². The fraction of sp³-hybridized carbons (Fsp3) is 0.375. The molecular weight excluding hydrogens is 719 g/mol. The van der Waals surface area contributed by atoms with Gasteiger partial charge in [0.2, 0.25) is 0 Å². The summed E-state index contributed by atoms with van der Waals surface area (Å²) in [6.07, 6.45) is 15.9. The Morgan fingerprint density at radius 1 is 0.389 bits per heavy atom. The highest BCUT2D eigenvalue weighted by molar-refractivity contribution is 7.27. The largest absolute Gasteiger partial charge is 0.494 e. The first-order chi connectivity index (χ1) is 26.5. The topological polar surface area (TPSA) is 21.7 Å². The van der Waals surface area contributed by atoms with Crippen molar-refractivity contribution in [1.29, 1.82) is 0 Å². The maximum atomic E-state index is 5.69. The van der Waals surface area contributed by atoms with Gasteiger partial charge in [0.25, 0.3) is 0 Å². The van der Waals surface area contributed by atoms with Crippen molar-refractivity contribution in [3.8, 4) is 41.4 Å². The number of aryl methyl sites for hydroxylation is 1. The number of thiophene rings is 3. The van der Waals surface area contributed by atoms with Gasteiger partial charge in [-0.05, 0) is 123 Å². The molecule has 0 fully saturated rings. The van der Waals surface area contributed by atoms with Crippen LogP contribution in [0.5, 0.6) is 11.5 Å². The highest BCUT2D eigenvalue weighted by Gasteiger charge is 2.15. The average molecular weight is 778 g/mol. The van der Waals surface area contributed by atoms with E-state index >= 15 is 0 Å². The smallest absolute Gasteiger partial charge is 0.119 e. The van der Waals surface area contributed by atoms with Gasteiger partial charge in [-0.25, -0.2) is 0 Å². The van der Waals surface area contributed by atoms with Crippen LogP contribution in [-0.4, -0.2) is 13.2 Å². The molecule has 0 aliphatic rings. The minimum absolute atomic E-state index is 0.649. The second-order valence-electron chi connectivity index (χ2n) is 13.7. The lowest BCUT2D eigenvalue weighted by Gasteiger charge is -2.26.